The molecule has 0 spiro atoms. The molecule has 0 amide bonds. The number of halogens is 1. The van der Waals surface area contributed by atoms with Crippen LogP contribution in [-0.4, -0.2) is 26.3 Å². The molecule has 4 nitrogen and oxygen atoms in total. The summed E-state index contributed by atoms with van der Waals surface area (Å²) in [4.78, 5) is 12.2. The fourth-order valence-electron chi connectivity index (χ4n) is 2.66. The number of hydrogen-bond acceptors (Lipinski definition) is 4. The van der Waals surface area contributed by atoms with Crippen molar-refractivity contribution in [1.82, 2.24) is 14.8 Å². The molecule has 0 aliphatic carbocycles. The van der Waals surface area contributed by atoms with Crippen LogP contribution in [0.3, 0.4) is 0 Å². The van der Waals surface area contributed by atoms with Crippen LogP contribution >= 0.6 is 11.8 Å². The van der Waals surface area contributed by atoms with Gasteiger partial charge in [-0.25, -0.2) is 4.39 Å². The van der Waals surface area contributed by atoms with E-state index in [9.17, 15) is 9.18 Å². The highest BCUT2D eigenvalue weighted by atomic mass is 32.2. The largest absolute Gasteiger partial charge is 0.305 e. The number of ketones is 1. The van der Waals surface area contributed by atoms with Gasteiger partial charge in [-0.05, 0) is 35.2 Å². The Bertz CT molecular complexity index is 941. The Labute approximate surface area is 162 Å². The number of carbonyl (C=O) groups is 1. The number of hydrogen-bond donors (Lipinski definition) is 0. The van der Waals surface area contributed by atoms with Crippen molar-refractivity contribution in [2.75, 3.05) is 5.75 Å². The van der Waals surface area contributed by atoms with Crippen molar-refractivity contribution >= 4 is 17.5 Å². The molecule has 3 aromatic rings. The van der Waals surface area contributed by atoms with Crippen LogP contribution in [0.1, 0.15) is 36.7 Å². The Morgan fingerprint density at radius 3 is 2.26 bits per heavy atom. The maximum absolute atomic E-state index is 13.0. The number of benzene rings is 2. The lowest BCUT2D eigenvalue weighted by Gasteiger charge is -2.19. The molecular formula is C21H22FN3OS. The number of nitrogens with zero attached hydrogens (tertiary/aromatic N) is 3. The molecule has 140 valence electrons. The highest BCUT2D eigenvalue weighted by Crippen LogP contribution is 2.27. The van der Waals surface area contributed by atoms with Gasteiger partial charge in [-0.2, -0.15) is 0 Å². The average Bonchev–Trinajstić information content (AvgIpc) is 3.00. The summed E-state index contributed by atoms with van der Waals surface area (Å²) in [6.45, 7) is 6.53. The van der Waals surface area contributed by atoms with Gasteiger partial charge in [-0.1, -0.05) is 56.8 Å². The number of rotatable bonds is 5. The van der Waals surface area contributed by atoms with Crippen molar-refractivity contribution in [2.45, 2.75) is 31.3 Å². The van der Waals surface area contributed by atoms with Crippen molar-refractivity contribution in [2.24, 2.45) is 7.05 Å². The third kappa shape index (κ3) is 4.45. The summed E-state index contributed by atoms with van der Waals surface area (Å²) < 4.78 is 14.9. The molecule has 0 bridgehead atoms. The average molecular weight is 383 g/mol. The standard InChI is InChI=1S/C21H22FN3OS/c1-21(2,3)16-9-5-15(6-10-16)19-23-24-20(25(19)4)27-13-18(26)14-7-11-17(22)12-8-14/h5-12H,13H2,1-4H3. The molecule has 6 heteroatoms. The van der Waals surface area contributed by atoms with Crippen molar-refractivity contribution in [1.29, 1.82) is 0 Å². The van der Waals surface area contributed by atoms with Crippen molar-refractivity contribution in [3.05, 3.63) is 65.5 Å². The zero-order chi connectivity index (χ0) is 19.6. The highest BCUT2D eigenvalue weighted by Gasteiger charge is 2.16. The first-order valence-corrected chi connectivity index (χ1v) is 9.66. The topological polar surface area (TPSA) is 47.8 Å². The number of aromatic nitrogens is 3. The summed E-state index contributed by atoms with van der Waals surface area (Å²) in [6.07, 6.45) is 0. The molecule has 0 aliphatic rings. The van der Waals surface area contributed by atoms with Gasteiger partial charge in [-0.15, -0.1) is 10.2 Å². The second-order valence-corrected chi connectivity index (χ2v) is 8.35. The molecule has 0 radical (unpaired) electrons. The Kier molecular flexibility index (Phi) is 5.46. The molecule has 3 rings (SSSR count). The van der Waals surface area contributed by atoms with E-state index in [1.54, 1.807) is 0 Å². The lowest BCUT2D eigenvalue weighted by molar-refractivity contribution is 0.102. The number of Topliss-reactive ketones (excluding diaryl/α,β-unsaturated/α-hetero) is 1. The van der Waals surface area contributed by atoms with Gasteiger partial charge in [0.1, 0.15) is 5.82 Å². The van der Waals surface area contributed by atoms with Gasteiger partial charge in [-0.3, -0.25) is 4.79 Å². The van der Waals surface area contributed by atoms with Gasteiger partial charge in [0.25, 0.3) is 0 Å². The highest BCUT2D eigenvalue weighted by molar-refractivity contribution is 7.99. The van der Waals surface area contributed by atoms with Crippen LogP contribution in [0.25, 0.3) is 11.4 Å². The first-order chi connectivity index (χ1) is 12.8. The first-order valence-electron chi connectivity index (χ1n) is 8.67. The van der Waals surface area contributed by atoms with Crippen LogP contribution in [0.15, 0.2) is 53.7 Å². The predicted molar refractivity (Wildman–Crippen MR) is 107 cm³/mol. The van der Waals surface area contributed by atoms with Crippen molar-refractivity contribution < 1.29 is 9.18 Å². The van der Waals surface area contributed by atoms with E-state index in [1.807, 2.05) is 23.7 Å². The molecule has 2 aromatic carbocycles. The second-order valence-electron chi connectivity index (χ2n) is 7.41. The minimum Gasteiger partial charge on any atom is -0.305 e. The summed E-state index contributed by atoms with van der Waals surface area (Å²) in [7, 11) is 1.89. The Morgan fingerprint density at radius 2 is 1.67 bits per heavy atom. The number of carbonyl (C=O) groups excluding carboxylic acids is 1. The maximum atomic E-state index is 13.0. The SMILES string of the molecule is Cn1c(SCC(=O)c2ccc(F)cc2)nnc1-c1ccc(C(C)(C)C)cc1. The van der Waals surface area contributed by atoms with Crippen LogP contribution in [0.2, 0.25) is 0 Å². The quantitative estimate of drug-likeness (QED) is 0.465. The van der Waals surface area contributed by atoms with Crippen molar-refractivity contribution in [3.63, 3.8) is 0 Å². The zero-order valence-electron chi connectivity index (χ0n) is 15.9. The third-order valence-corrected chi connectivity index (χ3v) is 5.36. The Morgan fingerprint density at radius 1 is 1.04 bits per heavy atom. The van der Waals surface area contributed by atoms with E-state index in [2.05, 4.69) is 43.1 Å². The van der Waals surface area contributed by atoms with E-state index in [4.69, 9.17) is 0 Å². The van der Waals surface area contributed by atoms with Crippen LogP contribution in [-0.2, 0) is 12.5 Å². The fraction of sp³-hybridized carbons (Fsp3) is 0.286. The zero-order valence-corrected chi connectivity index (χ0v) is 16.7. The normalized spacial score (nSPS) is 11.6. The molecule has 0 aliphatic heterocycles. The molecule has 0 saturated heterocycles. The minimum atomic E-state index is -0.352. The molecule has 0 saturated carbocycles. The van der Waals surface area contributed by atoms with Crippen molar-refractivity contribution in [3.8, 4) is 11.4 Å². The van der Waals surface area contributed by atoms with Gasteiger partial charge in [0, 0.05) is 18.2 Å². The molecular weight excluding hydrogens is 361 g/mol. The van der Waals surface area contributed by atoms with E-state index in [1.165, 1.54) is 41.6 Å². The Hall–Kier alpha value is -2.47. The van der Waals surface area contributed by atoms with Gasteiger partial charge < -0.3 is 4.57 Å². The van der Waals surface area contributed by atoms with E-state index < -0.39 is 0 Å². The van der Waals surface area contributed by atoms with Crippen LogP contribution in [0, 0.1) is 5.82 Å². The molecule has 1 heterocycles. The van der Waals surface area contributed by atoms with Crippen LogP contribution < -0.4 is 0 Å². The summed E-state index contributed by atoms with van der Waals surface area (Å²) >= 11 is 1.32. The smallest absolute Gasteiger partial charge is 0.191 e. The first kappa shape index (κ1) is 19.3. The fourth-order valence-corrected chi connectivity index (χ4v) is 3.47. The number of thioether (sulfide) groups is 1. The Balaban J connectivity index is 1.71. The molecule has 0 N–H and O–H groups in total. The summed E-state index contributed by atoms with van der Waals surface area (Å²) in [5, 5.41) is 9.15. The molecule has 0 unspecified atom stereocenters. The minimum absolute atomic E-state index is 0.0703. The molecule has 27 heavy (non-hydrogen) atoms. The third-order valence-electron chi connectivity index (χ3n) is 4.34. The van der Waals surface area contributed by atoms with Gasteiger partial charge >= 0.3 is 0 Å². The van der Waals surface area contributed by atoms with Crippen LogP contribution in [0.5, 0.6) is 0 Å². The molecule has 0 atom stereocenters. The molecule has 0 fully saturated rings. The lowest BCUT2D eigenvalue weighted by atomic mass is 9.87. The van der Waals surface area contributed by atoms with Gasteiger partial charge in [0.15, 0.2) is 16.8 Å². The van der Waals surface area contributed by atoms with E-state index in [-0.39, 0.29) is 22.8 Å². The van der Waals surface area contributed by atoms with E-state index in [0.717, 1.165) is 11.4 Å². The molecule has 1 aromatic heterocycles. The lowest BCUT2D eigenvalue weighted by Crippen LogP contribution is -2.10. The van der Waals surface area contributed by atoms with E-state index >= 15 is 0 Å². The summed E-state index contributed by atoms with van der Waals surface area (Å²) in [5.74, 6) is 0.557. The van der Waals surface area contributed by atoms with Gasteiger partial charge in [0.2, 0.25) is 0 Å². The summed E-state index contributed by atoms with van der Waals surface area (Å²) in [6, 6.07) is 13.9. The second kappa shape index (κ2) is 7.64. The summed E-state index contributed by atoms with van der Waals surface area (Å²) in [5.41, 5.74) is 2.83. The van der Waals surface area contributed by atoms with E-state index in [0.29, 0.717) is 10.7 Å². The van der Waals surface area contributed by atoms with Crippen LogP contribution in [0.4, 0.5) is 4.39 Å². The maximum Gasteiger partial charge on any atom is 0.191 e. The predicted octanol–water partition coefficient (Wildman–Crippen LogP) is 4.89. The monoisotopic (exact) mass is 383 g/mol. The van der Waals surface area contributed by atoms with Gasteiger partial charge in [0.05, 0.1) is 5.75 Å².